The molecule has 9 heteroatoms. The molecule has 0 fully saturated rings. The van der Waals surface area contributed by atoms with Crippen LogP contribution in [0.1, 0.15) is 22.8 Å². The first-order valence-corrected chi connectivity index (χ1v) is 11.5. The Morgan fingerprint density at radius 2 is 1.66 bits per heavy atom. The third-order valence-corrected chi connectivity index (χ3v) is 6.08. The van der Waals surface area contributed by atoms with Gasteiger partial charge < -0.3 is 15.4 Å². The average molecular weight is 510 g/mol. The lowest BCUT2D eigenvalue weighted by Gasteiger charge is -2.18. The van der Waals surface area contributed by atoms with E-state index in [1.807, 2.05) is 6.92 Å². The fraction of sp³-hybridized carbons (Fsp3) is 0.115. The largest absolute Gasteiger partial charge is 0.494 e. The molecular formula is C26H21Cl2N3O4. The zero-order valence-electron chi connectivity index (χ0n) is 18.9. The van der Waals surface area contributed by atoms with Crippen LogP contribution in [0.15, 0.2) is 77.5 Å². The molecule has 178 valence electrons. The highest BCUT2D eigenvalue weighted by Crippen LogP contribution is 2.34. The predicted molar refractivity (Wildman–Crippen MR) is 137 cm³/mol. The van der Waals surface area contributed by atoms with Crippen LogP contribution in [0.4, 0.5) is 17.1 Å². The highest BCUT2D eigenvalue weighted by Gasteiger charge is 2.39. The standard InChI is InChI=1S/C26H21Cl2N3O4/c1-3-35-19-12-10-17(11-13-19)30-24(32)16-6-4-7-18(14-16)29-23-22(28)25(33)31(26(23)34)21-9-5-8-20(27)15(21)2/h4-14,29H,3H2,1-2H3,(H,30,32). The lowest BCUT2D eigenvalue weighted by Crippen LogP contribution is -2.32. The fourth-order valence-corrected chi connectivity index (χ4v) is 3.94. The zero-order valence-corrected chi connectivity index (χ0v) is 20.4. The Labute approximate surface area is 212 Å². The second kappa shape index (κ2) is 10.2. The summed E-state index contributed by atoms with van der Waals surface area (Å²) in [4.78, 5) is 39.6. The molecule has 7 nitrogen and oxygen atoms in total. The van der Waals surface area contributed by atoms with Gasteiger partial charge in [0.25, 0.3) is 17.7 Å². The number of benzene rings is 3. The van der Waals surface area contributed by atoms with Crippen LogP contribution in [-0.4, -0.2) is 24.3 Å². The van der Waals surface area contributed by atoms with Crippen molar-refractivity contribution in [3.63, 3.8) is 0 Å². The van der Waals surface area contributed by atoms with E-state index in [1.54, 1.807) is 73.7 Å². The van der Waals surface area contributed by atoms with Gasteiger partial charge >= 0.3 is 0 Å². The Kier molecular flexibility index (Phi) is 7.10. The lowest BCUT2D eigenvalue weighted by molar-refractivity contribution is -0.120. The minimum atomic E-state index is -0.658. The van der Waals surface area contributed by atoms with E-state index in [9.17, 15) is 14.4 Å². The Hall–Kier alpha value is -3.81. The maximum absolute atomic E-state index is 13.1. The van der Waals surface area contributed by atoms with E-state index >= 15 is 0 Å². The van der Waals surface area contributed by atoms with Crippen molar-refractivity contribution in [2.24, 2.45) is 0 Å². The molecule has 0 unspecified atom stereocenters. The first-order valence-electron chi connectivity index (χ1n) is 10.7. The van der Waals surface area contributed by atoms with Crippen LogP contribution in [-0.2, 0) is 9.59 Å². The predicted octanol–water partition coefficient (Wildman–Crippen LogP) is 5.74. The number of carbonyl (C=O) groups is 3. The number of carbonyl (C=O) groups excluding carboxylic acids is 3. The number of imide groups is 1. The van der Waals surface area contributed by atoms with Crippen molar-refractivity contribution < 1.29 is 19.1 Å². The van der Waals surface area contributed by atoms with Crippen LogP contribution in [0.3, 0.4) is 0 Å². The quantitative estimate of drug-likeness (QED) is 0.396. The summed E-state index contributed by atoms with van der Waals surface area (Å²) in [5, 5.41) is 5.87. The SMILES string of the molecule is CCOc1ccc(NC(=O)c2cccc(NC3=C(Cl)C(=O)N(c4cccc(Cl)c4C)C3=O)c2)cc1. The zero-order chi connectivity index (χ0) is 25.1. The van der Waals surface area contributed by atoms with Gasteiger partial charge in [0.2, 0.25) is 0 Å². The van der Waals surface area contributed by atoms with Crippen LogP contribution in [0, 0.1) is 6.92 Å². The smallest absolute Gasteiger partial charge is 0.283 e. The number of rotatable bonds is 7. The molecular weight excluding hydrogens is 489 g/mol. The molecule has 1 heterocycles. The Balaban J connectivity index is 1.52. The average Bonchev–Trinajstić information content (AvgIpc) is 3.05. The third-order valence-electron chi connectivity index (χ3n) is 5.32. The molecule has 2 N–H and O–H groups in total. The second-order valence-electron chi connectivity index (χ2n) is 7.64. The first kappa shape index (κ1) is 24.3. The van der Waals surface area contributed by atoms with Crippen molar-refractivity contribution in [3.8, 4) is 5.75 Å². The summed E-state index contributed by atoms with van der Waals surface area (Å²) in [7, 11) is 0. The van der Waals surface area contributed by atoms with Crippen LogP contribution >= 0.6 is 23.2 Å². The van der Waals surface area contributed by atoms with E-state index in [0.717, 1.165) is 4.90 Å². The number of hydrogen-bond acceptors (Lipinski definition) is 5. The molecule has 0 bridgehead atoms. The van der Waals surface area contributed by atoms with Crippen molar-refractivity contribution in [2.75, 3.05) is 22.1 Å². The van der Waals surface area contributed by atoms with Crippen LogP contribution in [0.5, 0.6) is 5.75 Å². The number of nitrogens with one attached hydrogen (secondary N) is 2. The molecule has 0 saturated carbocycles. The molecule has 0 saturated heterocycles. The highest BCUT2D eigenvalue weighted by molar-refractivity contribution is 6.53. The first-order chi connectivity index (χ1) is 16.8. The van der Waals surface area contributed by atoms with Gasteiger partial charge in [0.1, 0.15) is 16.5 Å². The molecule has 35 heavy (non-hydrogen) atoms. The normalized spacial score (nSPS) is 13.3. The topological polar surface area (TPSA) is 87.7 Å². The minimum absolute atomic E-state index is 0.0832. The summed E-state index contributed by atoms with van der Waals surface area (Å²) < 4.78 is 5.40. The molecule has 3 amide bonds. The number of amides is 3. The van der Waals surface area contributed by atoms with Gasteiger partial charge in [-0.05, 0) is 74.0 Å². The molecule has 0 radical (unpaired) electrons. The van der Waals surface area contributed by atoms with Crippen LogP contribution in [0.25, 0.3) is 0 Å². The molecule has 0 spiro atoms. The van der Waals surface area contributed by atoms with Gasteiger partial charge in [-0.15, -0.1) is 0 Å². The van der Waals surface area contributed by atoms with E-state index in [4.69, 9.17) is 27.9 Å². The molecule has 0 atom stereocenters. The molecule has 0 aromatic heterocycles. The van der Waals surface area contributed by atoms with Crippen molar-refractivity contribution >= 4 is 58.0 Å². The van der Waals surface area contributed by atoms with Gasteiger partial charge in [-0.1, -0.05) is 35.3 Å². The summed E-state index contributed by atoms with van der Waals surface area (Å²) in [6.45, 7) is 4.16. The third kappa shape index (κ3) is 5.01. The van der Waals surface area contributed by atoms with E-state index < -0.39 is 11.8 Å². The number of anilines is 3. The number of nitrogens with zero attached hydrogens (tertiary/aromatic N) is 1. The number of halogens is 2. The van der Waals surface area contributed by atoms with Gasteiger partial charge in [-0.25, -0.2) is 4.90 Å². The second-order valence-corrected chi connectivity index (χ2v) is 8.42. The van der Waals surface area contributed by atoms with E-state index in [2.05, 4.69) is 10.6 Å². The minimum Gasteiger partial charge on any atom is -0.494 e. The fourth-order valence-electron chi connectivity index (χ4n) is 3.56. The number of hydrogen-bond donors (Lipinski definition) is 2. The maximum atomic E-state index is 13.1. The van der Waals surface area contributed by atoms with Crippen LogP contribution < -0.4 is 20.3 Å². The van der Waals surface area contributed by atoms with Gasteiger partial charge in [-0.2, -0.15) is 0 Å². The molecule has 3 aromatic carbocycles. The Bertz CT molecular complexity index is 1350. The van der Waals surface area contributed by atoms with E-state index in [-0.39, 0.29) is 16.6 Å². The molecule has 1 aliphatic rings. The van der Waals surface area contributed by atoms with Crippen molar-refractivity contribution in [1.82, 2.24) is 0 Å². The summed E-state index contributed by atoms with van der Waals surface area (Å²) in [6.07, 6.45) is 0. The monoisotopic (exact) mass is 509 g/mol. The van der Waals surface area contributed by atoms with E-state index in [0.29, 0.717) is 45.6 Å². The lowest BCUT2D eigenvalue weighted by atomic mass is 10.1. The van der Waals surface area contributed by atoms with Crippen molar-refractivity contribution in [1.29, 1.82) is 0 Å². The molecule has 4 rings (SSSR count). The summed E-state index contributed by atoms with van der Waals surface area (Å²) in [5.74, 6) is -0.911. The van der Waals surface area contributed by atoms with Gasteiger partial charge in [0.05, 0.1) is 12.3 Å². The van der Waals surface area contributed by atoms with Crippen LogP contribution in [0.2, 0.25) is 5.02 Å². The Morgan fingerprint density at radius 3 is 2.37 bits per heavy atom. The van der Waals surface area contributed by atoms with Gasteiger partial charge in [-0.3, -0.25) is 14.4 Å². The van der Waals surface area contributed by atoms with E-state index in [1.165, 1.54) is 0 Å². The van der Waals surface area contributed by atoms with Gasteiger partial charge in [0.15, 0.2) is 0 Å². The van der Waals surface area contributed by atoms with Gasteiger partial charge in [0, 0.05) is 22.0 Å². The molecule has 0 aliphatic carbocycles. The summed E-state index contributed by atoms with van der Waals surface area (Å²) in [5.41, 5.74) is 2.22. The van der Waals surface area contributed by atoms with Crippen molar-refractivity contribution in [3.05, 3.63) is 93.6 Å². The van der Waals surface area contributed by atoms with Crippen molar-refractivity contribution in [2.45, 2.75) is 13.8 Å². The number of ether oxygens (including phenoxy) is 1. The maximum Gasteiger partial charge on any atom is 0.283 e. The molecule has 1 aliphatic heterocycles. The highest BCUT2D eigenvalue weighted by atomic mass is 35.5. The molecule has 3 aromatic rings. The summed E-state index contributed by atoms with van der Waals surface area (Å²) >= 11 is 12.4. The summed E-state index contributed by atoms with van der Waals surface area (Å²) in [6, 6.07) is 18.5. The Morgan fingerprint density at radius 1 is 0.943 bits per heavy atom.